The zero-order chi connectivity index (χ0) is 29.6. The number of nitro groups is 1. The van der Waals surface area contributed by atoms with E-state index in [0.29, 0.717) is 24.0 Å². The van der Waals surface area contributed by atoms with Gasteiger partial charge < -0.3 is 9.47 Å². The number of carbonyl (C=O) groups is 1. The summed E-state index contributed by atoms with van der Waals surface area (Å²) in [6, 6.07) is 13.6. The smallest absolute Gasteiger partial charge is 0.431 e. The first-order chi connectivity index (χ1) is 20.2. The Morgan fingerprint density at radius 2 is 1.79 bits per heavy atom. The maximum Gasteiger partial charge on any atom is 0.514 e. The van der Waals surface area contributed by atoms with Gasteiger partial charge in [-0.05, 0) is 56.0 Å². The van der Waals surface area contributed by atoms with Gasteiger partial charge in [-0.2, -0.15) is 0 Å². The Morgan fingerprint density at radius 3 is 2.48 bits per heavy atom. The third-order valence-electron chi connectivity index (χ3n) is 7.81. The lowest BCUT2D eigenvalue weighted by Gasteiger charge is -2.17. The molecule has 0 radical (unpaired) electrons. The van der Waals surface area contributed by atoms with Crippen LogP contribution in [0.25, 0.3) is 16.8 Å². The molecule has 6 rings (SSSR count). The van der Waals surface area contributed by atoms with Crippen LogP contribution in [0.3, 0.4) is 0 Å². The van der Waals surface area contributed by atoms with Crippen molar-refractivity contribution < 1.29 is 27.6 Å². The molecule has 0 bridgehead atoms. The molecule has 0 aliphatic heterocycles. The third-order valence-corrected chi connectivity index (χ3v) is 9.49. The summed E-state index contributed by atoms with van der Waals surface area (Å²) in [5.74, 6) is 0.294. The highest BCUT2D eigenvalue weighted by Gasteiger charge is 2.38. The number of aryl methyl sites for hydroxylation is 1. The predicted octanol–water partition coefficient (Wildman–Crippen LogP) is 5.63. The summed E-state index contributed by atoms with van der Waals surface area (Å²) in [6.45, 7) is 3.96. The van der Waals surface area contributed by atoms with Gasteiger partial charge >= 0.3 is 6.16 Å². The molecular formula is C29H27N5O7S. The molecule has 0 saturated heterocycles. The van der Waals surface area contributed by atoms with Gasteiger partial charge in [-0.15, -0.1) is 0 Å². The summed E-state index contributed by atoms with van der Waals surface area (Å²) in [5.41, 5.74) is 3.20. The molecule has 1 aliphatic carbocycles. The van der Waals surface area contributed by atoms with E-state index in [0.717, 1.165) is 17.7 Å². The molecule has 0 N–H and O–H groups in total. The number of hydrogen-bond acceptors (Lipinski definition) is 9. The molecule has 3 atom stereocenters. The number of aromatic nitrogens is 4. The van der Waals surface area contributed by atoms with Crippen molar-refractivity contribution in [2.75, 3.05) is 0 Å². The highest BCUT2D eigenvalue weighted by atomic mass is 32.2. The lowest BCUT2D eigenvalue weighted by molar-refractivity contribution is -0.384. The number of imidazole rings is 1. The molecule has 1 aliphatic rings. The van der Waals surface area contributed by atoms with Crippen molar-refractivity contribution in [3.05, 3.63) is 94.6 Å². The van der Waals surface area contributed by atoms with Gasteiger partial charge in [-0.1, -0.05) is 31.0 Å². The van der Waals surface area contributed by atoms with Gasteiger partial charge in [0.1, 0.15) is 11.9 Å². The van der Waals surface area contributed by atoms with Gasteiger partial charge in [0.25, 0.3) is 15.7 Å². The molecule has 3 heterocycles. The minimum atomic E-state index is -3.88. The maximum absolute atomic E-state index is 13.5. The number of hydrogen-bond donors (Lipinski definition) is 0. The quantitative estimate of drug-likeness (QED) is 0.102. The van der Waals surface area contributed by atoms with E-state index in [4.69, 9.17) is 9.47 Å². The van der Waals surface area contributed by atoms with Crippen LogP contribution in [-0.4, -0.2) is 43.9 Å². The lowest BCUT2D eigenvalue weighted by Crippen LogP contribution is -2.18. The zero-order valence-corrected chi connectivity index (χ0v) is 23.6. The average molecular weight is 590 g/mol. The van der Waals surface area contributed by atoms with Crippen molar-refractivity contribution in [3.63, 3.8) is 0 Å². The number of rotatable bonds is 7. The van der Waals surface area contributed by atoms with E-state index in [-0.39, 0.29) is 33.8 Å². The van der Waals surface area contributed by atoms with Crippen LogP contribution >= 0.6 is 0 Å². The van der Waals surface area contributed by atoms with E-state index >= 15 is 0 Å². The van der Waals surface area contributed by atoms with E-state index in [1.807, 2.05) is 11.3 Å². The molecule has 3 unspecified atom stereocenters. The zero-order valence-electron chi connectivity index (χ0n) is 22.8. The topological polar surface area (TPSA) is 148 Å². The summed E-state index contributed by atoms with van der Waals surface area (Å²) < 4.78 is 40.9. The summed E-state index contributed by atoms with van der Waals surface area (Å²) in [6.07, 6.45) is 5.49. The molecule has 0 spiro atoms. The molecule has 12 nitrogen and oxygen atoms in total. The van der Waals surface area contributed by atoms with Gasteiger partial charge in [0.15, 0.2) is 11.3 Å². The lowest BCUT2D eigenvalue weighted by atomic mass is 9.91. The van der Waals surface area contributed by atoms with Crippen LogP contribution in [-0.2, 0) is 14.8 Å². The second kappa shape index (κ2) is 10.6. The summed E-state index contributed by atoms with van der Waals surface area (Å²) in [5, 5.41) is 10.9. The molecule has 42 heavy (non-hydrogen) atoms. The number of ether oxygens (including phenoxy) is 2. The minimum Gasteiger partial charge on any atom is -0.431 e. The molecule has 0 amide bonds. The summed E-state index contributed by atoms with van der Waals surface area (Å²) >= 11 is 0. The third kappa shape index (κ3) is 4.85. The number of nitrogens with zero attached hydrogens (tertiary/aromatic N) is 5. The van der Waals surface area contributed by atoms with Crippen LogP contribution in [0.1, 0.15) is 43.4 Å². The summed E-state index contributed by atoms with van der Waals surface area (Å²) in [4.78, 5) is 32.0. The largest absolute Gasteiger partial charge is 0.514 e. The number of fused-ring (bicyclic) bond motifs is 3. The van der Waals surface area contributed by atoms with Gasteiger partial charge in [-0.25, -0.2) is 27.2 Å². The Balaban J connectivity index is 1.27. The number of benzene rings is 2. The van der Waals surface area contributed by atoms with Gasteiger partial charge in [-0.3, -0.25) is 14.5 Å². The van der Waals surface area contributed by atoms with Crippen LogP contribution in [0.5, 0.6) is 5.75 Å². The molecular weight excluding hydrogens is 562 g/mol. The second-order valence-corrected chi connectivity index (χ2v) is 12.2. The molecule has 216 valence electrons. The van der Waals surface area contributed by atoms with E-state index in [1.54, 1.807) is 42.7 Å². The van der Waals surface area contributed by atoms with Gasteiger partial charge in [0.2, 0.25) is 0 Å². The van der Waals surface area contributed by atoms with Crippen LogP contribution < -0.4 is 4.74 Å². The van der Waals surface area contributed by atoms with Crippen LogP contribution in [0.2, 0.25) is 0 Å². The fourth-order valence-corrected chi connectivity index (χ4v) is 7.00. The van der Waals surface area contributed by atoms with E-state index in [9.17, 15) is 23.3 Å². The Morgan fingerprint density at radius 1 is 1.05 bits per heavy atom. The van der Waals surface area contributed by atoms with E-state index in [2.05, 4.69) is 16.9 Å². The van der Waals surface area contributed by atoms with Crippen molar-refractivity contribution in [2.24, 2.45) is 5.92 Å². The molecule has 13 heteroatoms. The minimum absolute atomic E-state index is 0.0233. The fourth-order valence-electron chi connectivity index (χ4n) is 5.70. The predicted molar refractivity (Wildman–Crippen MR) is 152 cm³/mol. The maximum atomic E-state index is 13.5. The molecule has 5 aromatic rings. The van der Waals surface area contributed by atoms with Crippen LogP contribution in [0.15, 0.2) is 78.1 Å². The fraction of sp³-hybridized carbons (Fsp3) is 0.276. The standard InChI is InChI=1S/C29H27N5O7S/c1-3-19-14-22(41-29(35)40-21-8-6-20(7-9-21)34(36)37)15-24(19)26-16-30-27-17-31-28-25(33(26)27)12-13-32(28)42(38,39)23-10-4-18(2)5-11-23/h4-13,16-17,19,22,24H,3,14-15H2,1-2H3. The Hall–Kier alpha value is -4.78. The van der Waals surface area contributed by atoms with Crippen molar-refractivity contribution in [1.29, 1.82) is 0 Å². The van der Waals surface area contributed by atoms with Crippen LogP contribution in [0, 0.1) is 23.0 Å². The molecule has 3 aromatic heterocycles. The normalized spacial score (nSPS) is 18.9. The number of non-ortho nitro benzene ring substituents is 1. The Kier molecular flexibility index (Phi) is 6.89. The average Bonchev–Trinajstić information content (AvgIpc) is 3.69. The highest BCUT2D eigenvalue weighted by molar-refractivity contribution is 7.90. The monoisotopic (exact) mass is 589 g/mol. The van der Waals surface area contributed by atoms with Gasteiger partial charge in [0, 0.05) is 36.1 Å². The molecule has 1 fully saturated rings. The molecule has 1 saturated carbocycles. The number of carbonyl (C=O) groups excluding carboxylic acids is 1. The first-order valence-electron chi connectivity index (χ1n) is 13.4. The van der Waals surface area contributed by atoms with Crippen LogP contribution in [0.4, 0.5) is 10.5 Å². The second-order valence-electron chi connectivity index (χ2n) is 10.4. The van der Waals surface area contributed by atoms with E-state index in [1.165, 1.54) is 34.4 Å². The molecule has 2 aromatic carbocycles. The SMILES string of the molecule is CCC1CC(OC(=O)Oc2ccc([N+](=O)[O-])cc2)CC1c1cnc2cnc3c(ccn3S(=O)(=O)c3ccc(C)cc3)n12. The van der Waals surface area contributed by atoms with Crippen molar-refractivity contribution in [1.82, 2.24) is 18.3 Å². The summed E-state index contributed by atoms with van der Waals surface area (Å²) in [7, 11) is -3.88. The van der Waals surface area contributed by atoms with Crippen molar-refractivity contribution in [3.8, 4) is 5.75 Å². The Bertz CT molecular complexity index is 1910. The van der Waals surface area contributed by atoms with Gasteiger partial charge in [0.05, 0.1) is 21.5 Å². The van der Waals surface area contributed by atoms with Crippen molar-refractivity contribution >= 4 is 38.7 Å². The van der Waals surface area contributed by atoms with Crippen molar-refractivity contribution in [2.45, 2.75) is 50.0 Å². The first-order valence-corrected chi connectivity index (χ1v) is 14.9. The Labute approximate surface area is 240 Å². The van der Waals surface area contributed by atoms with E-state index < -0.39 is 27.2 Å². The highest BCUT2D eigenvalue weighted by Crippen LogP contribution is 2.43. The number of nitro benzene ring substituents is 1. The first kappa shape index (κ1) is 27.4.